The van der Waals surface area contributed by atoms with E-state index in [2.05, 4.69) is 19.1 Å². The minimum absolute atomic E-state index is 0.0399. The summed E-state index contributed by atoms with van der Waals surface area (Å²) in [4.78, 5) is 0. The van der Waals surface area contributed by atoms with Crippen LogP contribution in [-0.4, -0.2) is 12.6 Å². The zero-order chi connectivity index (χ0) is 12.5. The Morgan fingerprint density at radius 3 is 2.41 bits per heavy atom. The minimum atomic E-state index is 0.0399. The lowest BCUT2D eigenvalue weighted by Crippen LogP contribution is -2.30. The molecule has 1 aromatic rings. The summed E-state index contributed by atoms with van der Waals surface area (Å²) in [6.45, 7) is 4.94. The molecule has 0 aliphatic heterocycles. The number of hydrogen-bond acceptors (Lipinski definition) is 2. The van der Waals surface area contributed by atoms with Gasteiger partial charge in [0.25, 0.3) is 0 Å². The highest BCUT2D eigenvalue weighted by molar-refractivity contribution is 5.19. The van der Waals surface area contributed by atoms with Gasteiger partial charge in [-0.15, -0.1) is 0 Å². The number of unbranched alkanes of at least 4 members (excludes halogenated alkanes) is 2. The molecule has 2 unspecified atom stereocenters. The molecule has 2 nitrogen and oxygen atoms in total. The van der Waals surface area contributed by atoms with Crippen molar-refractivity contribution in [2.45, 2.75) is 51.7 Å². The summed E-state index contributed by atoms with van der Waals surface area (Å²) in [5.41, 5.74) is 7.44. The third kappa shape index (κ3) is 4.88. The van der Waals surface area contributed by atoms with E-state index in [9.17, 15) is 0 Å². The van der Waals surface area contributed by atoms with Crippen LogP contribution in [0.2, 0.25) is 0 Å². The molecular formula is C15H25NO. The van der Waals surface area contributed by atoms with Gasteiger partial charge in [0.2, 0.25) is 0 Å². The highest BCUT2D eigenvalue weighted by Crippen LogP contribution is 2.23. The van der Waals surface area contributed by atoms with Gasteiger partial charge in [-0.1, -0.05) is 56.5 Å². The lowest BCUT2D eigenvalue weighted by molar-refractivity contribution is 0.0406. The lowest BCUT2D eigenvalue weighted by atomic mass is 9.98. The number of benzene rings is 1. The monoisotopic (exact) mass is 235 g/mol. The van der Waals surface area contributed by atoms with Crippen molar-refractivity contribution in [3.63, 3.8) is 0 Å². The first-order chi connectivity index (χ1) is 8.29. The second-order valence-corrected chi connectivity index (χ2v) is 4.45. The number of nitrogens with two attached hydrogens (primary N) is 1. The van der Waals surface area contributed by atoms with Gasteiger partial charge in [-0.25, -0.2) is 0 Å². The second-order valence-electron chi connectivity index (χ2n) is 4.45. The van der Waals surface area contributed by atoms with E-state index < -0.39 is 0 Å². The van der Waals surface area contributed by atoms with E-state index in [4.69, 9.17) is 10.5 Å². The number of rotatable bonds is 8. The Balaban J connectivity index is 2.58. The van der Waals surface area contributed by atoms with Crippen LogP contribution >= 0.6 is 0 Å². The third-order valence-corrected chi connectivity index (χ3v) is 3.00. The highest BCUT2D eigenvalue weighted by atomic mass is 16.5. The fraction of sp³-hybridized carbons (Fsp3) is 0.600. The van der Waals surface area contributed by atoms with Crippen LogP contribution in [0, 0.1) is 0 Å². The maximum Gasteiger partial charge on any atom is 0.0975 e. The molecule has 0 saturated carbocycles. The Morgan fingerprint density at radius 2 is 1.82 bits per heavy atom. The molecule has 0 aliphatic carbocycles. The second kappa shape index (κ2) is 8.26. The number of ether oxygens (including phenoxy) is 1. The van der Waals surface area contributed by atoms with Gasteiger partial charge in [-0.05, 0) is 18.9 Å². The normalized spacial score (nSPS) is 14.5. The predicted molar refractivity (Wildman–Crippen MR) is 72.9 cm³/mol. The summed E-state index contributed by atoms with van der Waals surface area (Å²) in [5, 5.41) is 0. The quantitative estimate of drug-likeness (QED) is 0.698. The molecule has 1 rings (SSSR count). The van der Waals surface area contributed by atoms with Gasteiger partial charge in [0.1, 0.15) is 0 Å². The third-order valence-electron chi connectivity index (χ3n) is 3.00. The van der Waals surface area contributed by atoms with Gasteiger partial charge in [0, 0.05) is 12.6 Å². The topological polar surface area (TPSA) is 35.2 Å². The van der Waals surface area contributed by atoms with Gasteiger partial charge in [-0.3, -0.25) is 0 Å². The largest absolute Gasteiger partial charge is 0.372 e. The van der Waals surface area contributed by atoms with Gasteiger partial charge < -0.3 is 10.5 Å². The maximum absolute atomic E-state index is 6.25. The Labute approximate surface area is 105 Å². The van der Waals surface area contributed by atoms with Crippen LogP contribution in [-0.2, 0) is 4.74 Å². The number of hydrogen-bond donors (Lipinski definition) is 1. The van der Waals surface area contributed by atoms with E-state index in [-0.39, 0.29) is 12.1 Å². The molecular weight excluding hydrogens is 210 g/mol. The molecule has 0 saturated heterocycles. The van der Waals surface area contributed by atoms with Crippen LogP contribution in [0.25, 0.3) is 0 Å². The molecule has 0 spiro atoms. The molecule has 0 amide bonds. The Kier molecular flexibility index (Phi) is 6.90. The summed E-state index contributed by atoms with van der Waals surface area (Å²) in [7, 11) is 0. The lowest BCUT2D eigenvalue weighted by Gasteiger charge is -2.24. The fourth-order valence-corrected chi connectivity index (χ4v) is 2.07. The molecule has 0 aromatic heterocycles. The SMILES string of the molecule is CCCCCC(N)C(OCC)c1ccccc1. The van der Waals surface area contributed by atoms with E-state index in [1.54, 1.807) is 0 Å². The molecule has 1 aromatic carbocycles. The summed E-state index contributed by atoms with van der Waals surface area (Å²) in [5.74, 6) is 0. The van der Waals surface area contributed by atoms with Crippen LogP contribution in [0.15, 0.2) is 30.3 Å². The average Bonchev–Trinajstić information content (AvgIpc) is 2.37. The molecule has 96 valence electrons. The van der Waals surface area contributed by atoms with Crippen molar-refractivity contribution >= 4 is 0 Å². The Bertz CT molecular complexity index is 286. The van der Waals surface area contributed by atoms with E-state index in [0.717, 1.165) is 6.42 Å². The molecule has 0 radical (unpaired) electrons. The van der Waals surface area contributed by atoms with Crippen molar-refractivity contribution in [1.29, 1.82) is 0 Å². The molecule has 0 aliphatic rings. The van der Waals surface area contributed by atoms with Crippen LogP contribution in [0.4, 0.5) is 0 Å². The minimum Gasteiger partial charge on any atom is -0.372 e. The first-order valence-corrected chi connectivity index (χ1v) is 6.71. The van der Waals surface area contributed by atoms with Gasteiger partial charge >= 0.3 is 0 Å². The Morgan fingerprint density at radius 1 is 1.12 bits per heavy atom. The zero-order valence-corrected chi connectivity index (χ0v) is 11.1. The van der Waals surface area contributed by atoms with Crippen molar-refractivity contribution in [3.05, 3.63) is 35.9 Å². The van der Waals surface area contributed by atoms with Gasteiger partial charge in [0.15, 0.2) is 0 Å². The standard InChI is InChI=1S/C15H25NO/c1-3-5-7-12-14(16)15(17-4-2)13-10-8-6-9-11-13/h6,8-11,14-15H,3-5,7,12,16H2,1-2H3. The van der Waals surface area contributed by atoms with Crippen molar-refractivity contribution in [2.75, 3.05) is 6.61 Å². The summed E-state index contributed by atoms with van der Waals surface area (Å²) in [6.07, 6.45) is 4.75. The molecule has 2 heteroatoms. The predicted octanol–water partition coefficient (Wildman–Crippen LogP) is 3.67. The molecule has 17 heavy (non-hydrogen) atoms. The summed E-state index contributed by atoms with van der Waals surface area (Å²) in [6, 6.07) is 10.4. The van der Waals surface area contributed by atoms with Crippen molar-refractivity contribution in [3.8, 4) is 0 Å². The van der Waals surface area contributed by atoms with Gasteiger partial charge in [-0.2, -0.15) is 0 Å². The molecule has 0 heterocycles. The van der Waals surface area contributed by atoms with E-state index in [0.29, 0.717) is 6.61 Å². The summed E-state index contributed by atoms with van der Waals surface area (Å²) < 4.78 is 5.80. The molecule has 0 fully saturated rings. The fourth-order valence-electron chi connectivity index (χ4n) is 2.07. The summed E-state index contributed by atoms with van der Waals surface area (Å²) >= 11 is 0. The van der Waals surface area contributed by atoms with Crippen LogP contribution < -0.4 is 5.73 Å². The first-order valence-electron chi connectivity index (χ1n) is 6.71. The first kappa shape index (κ1) is 14.2. The van der Waals surface area contributed by atoms with Crippen LogP contribution in [0.5, 0.6) is 0 Å². The maximum atomic E-state index is 6.25. The molecule has 2 atom stereocenters. The average molecular weight is 235 g/mol. The van der Waals surface area contributed by atoms with Crippen molar-refractivity contribution in [1.82, 2.24) is 0 Å². The van der Waals surface area contributed by atoms with Crippen LogP contribution in [0.1, 0.15) is 51.2 Å². The van der Waals surface area contributed by atoms with E-state index in [1.165, 1.54) is 24.8 Å². The van der Waals surface area contributed by atoms with Crippen LogP contribution in [0.3, 0.4) is 0 Å². The smallest absolute Gasteiger partial charge is 0.0975 e. The van der Waals surface area contributed by atoms with Gasteiger partial charge in [0.05, 0.1) is 6.10 Å². The highest BCUT2D eigenvalue weighted by Gasteiger charge is 2.19. The molecule has 2 N–H and O–H groups in total. The van der Waals surface area contributed by atoms with E-state index >= 15 is 0 Å². The van der Waals surface area contributed by atoms with Crippen molar-refractivity contribution in [2.24, 2.45) is 5.73 Å². The van der Waals surface area contributed by atoms with Crippen molar-refractivity contribution < 1.29 is 4.74 Å². The van der Waals surface area contributed by atoms with E-state index in [1.807, 2.05) is 25.1 Å². The zero-order valence-electron chi connectivity index (χ0n) is 11.1. The molecule has 0 bridgehead atoms. The Hall–Kier alpha value is -0.860.